The molecule has 6 nitrogen and oxygen atoms in total. The lowest BCUT2D eigenvalue weighted by atomic mass is 10.1. The highest BCUT2D eigenvalue weighted by molar-refractivity contribution is 5.84. The van der Waals surface area contributed by atoms with Gasteiger partial charge in [-0.2, -0.15) is 0 Å². The van der Waals surface area contributed by atoms with Crippen molar-refractivity contribution in [1.82, 2.24) is 0 Å². The number of amides is 1. The van der Waals surface area contributed by atoms with Gasteiger partial charge in [-0.05, 0) is 31.2 Å². The molecular weight excluding hydrogens is 310 g/mol. The zero-order valence-electron chi connectivity index (χ0n) is 13.5. The van der Waals surface area contributed by atoms with Crippen molar-refractivity contribution in [3.63, 3.8) is 0 Å². The molecule has 0 bridgehead atoms. The molecule has 0 saturated carbocycles. The third-order valence-electron chi connectivity index (χ3n) is 3.30. The highest BCUT2D eigenvalue weighted by Crippen LogP contribution is 2.21. The van der Waals surface area contributed by atoms with E-state index in [-0.39, 0.29) is 0 Å². The van der Waals surface area contributed by atoms with Crippen molar-refractivity contribution >= 4 is 11.9 Å². The van der Waals surface area contributed by atoms with Crippen LogP contribution in [0.4, 0.5) is 0 Å². The van der Waals surface area contributed by atoms with Crippen LogP contribution in [0, 0.1) is 0 Å². The second kappa shape index (κ2) is 8.01. The Bertz CT molecular complexity index is 684. The van der Waals surface area contributed by atoms with E-state index in [0.29, 0.717) is 17.1 Å². The molecule has 126 valence electrons. The summed E-state index contributed by atoms with van der Waals surface area (Å²) in [7, 11) is 1.56. The molecule has 0 aliphatic heterocycles. The quantitative estimate of drug-likeness (QED) is 0.787. The standard InChI is InChI=1S/C18H19NO5/c1-12(23-15-10-8-14(22-2)9-11-15)18(21)24-16(17(19)20)13-6-4-3-5-7-13/h3-12,16H,1-2H3,(H2,19,20)/t12-,16-/m0/s1. The fourth-order valence-electron chi connectivity index (χ4n) is 2.04. The second-order valence-electron chi connectivity index (χ2n) is 5.07. The second-order valence-corrected chi connectivity index (χ2v) is 5.07. The molecule has 2 aromatic carbocycles. The number of nitrogens with two attached hydrogens (primary N) is 1. The molecule has 0 saturated heterocycles. The highest BCUT2D eigenvalue weighted by atomic mass is 16.6. The number of benzene rings is 2. The van der Waals surface area contributed by atoms with Gasteiger partial charge in [0.1, 0.15) is 11.5 Å². The molecule has 0 heterocycles. The van der Waals surface area contributed by atoms with E-state index in [1.807, 2.05) is 0 Å². The predicted octanol–water partition coefficient (Wildman–Crippen LogP) is 2.23. The topological polar surface area (TPSA) is 87.8 Å². The molecule has 0 radical (unpaired) electrons. The highest BCUT2D eigenvalue weighted by Gasteiger charge is 2.26. The van der Waals surface area contributed by atoms with E-state index in [1.165, 1.54) is 6.92 Å². The molecule has 2 atom stereocenters. The summed E-state index contributed by atoms with van der Waals surface area (Å²) in [5.74, 6) is -0.268. The Kier molecular flexibility index (Phi) is 5.78. The van der Waals surface area contributed by atoms with Crippen molar-refractivity contribution in [2.75, 3.05) is 7.11 Å². The molecule has 24 heavy (non-hydrogen) atoms. The van der Waals surface area contributed by atoms with Gasteiger partial charge in [-0.1, -0.05) is 30.3 Å². The first-order valence-electron chi connectivity index (χ1n) is 7.36. The van der Waals surface area contributed by atoms with E-state index in [4.69, 9.17) is 19.9 Å². The average molecular weight is 329 g/mol. The van der Waals surface area contributed by atoms with Gasteiger partial charge in [0.2, 0.25) is 6.10 Å². The number of carbonyl (C=O) groups excluding carboxylic acids is 2. The predicted molar refractivity (Wildman–Crippen MR) is 87.6 cm³/mol. The first-order chi connectivity index (χ1) is 11.5. The van der Waals surface area contributed by atoms with Gasteiger partial charge in [0.15, 0.2) is 6.10 Å². The Morgan fingerprint density at radius 2 is 1.54 bits per heavy atom. The lowest BCUT2D eigenvalue weighted by molar-refractivity contribution is -0.161. The van der Waals surface area contributed by atoms with Crippen LogP contribution in [0.15, 0.2) is 54.6 Å². The summed E-state index contributed by atoms with van der Waals surface area (Å²) in [4.78, 5) is 23.8. The summed E-state index contributed by atoms with van der Waals surface area (Å²) in [5.41, 5.74) is 5.84. The summed E-state index contributed by atoms with van der Waals surface area (Å²) in [6.45, 7) is 1.54. The number of carbonyl (C=O) groups is 2. The maximum absolute atomic E-state index is 12.2. The minimum absolute atomic E-state index is 0.482. The van der Waals surface area contributed by atoms with Crippen molar-refractivity contribution in [3.8, 4) is 11.5 Å². The minimum atomic E-state index is -1.15. The fourth-order valence-corrected chi connectivity index (χ4v) is 2.04. The van der Waals surface area contributed by atoms with Gasteiger partial charge in [0.05, 0.1) is 7.11 Å². The SMILES string of the molecule is COc1ccc(O[C@@H](C)C(=O)O[C@H](C(N)=O)c2ccccc2)cc1. The normalized spacial score (nSPS) is 12.8. The van der Waals surface area contributed by atoms with Gasteiger partial charge >= 0.3 is 5.97 Å². The molecule has 0 aliphatic carbocycles. The summed E-state index contributed by atoms with van der Waals surface area (Å²) < 4.78 is 15.8. The van der Waals surface area contributed by atoms with Gasteiger partial charge in [-0.15, -0.1) is 0 Å². The van der Waals surface area contributed by atoms with E-state index in [0.717, 1.165) is 0 Å². The molecule has 0 spiro atoms. The van der Waals surface area contributed by atoms with Gasteiger partial charge in [0, 0.05) is 5.56 Å². The number of methoxy groups -OCH3 is 1. The van der Waals surface area contributed by atoms with Gasteiger partial charge in [-0.25, -0.2) is 4.79 Å². The number of ether oxygens (including phenoxy) is 3. The molecule has 6 heteroatoms. The monoisotopic (exact) mass is 329 g/mol. The van der Waals surface area contributed by atoms with E-state index < -0.39 is 24.1 Å². The maximum Gasteiger partial charge on any atom is 0.348 e. The summed E-state index contributed by atoms with van der Waals surface area (Å²) in [6, 6.07) is 15.4. The summed E-state index contributed by atoms with van der Waals surface area (Å²) in [5, 5.41) is 0. The van der Waals surface area contributed by atoms with Crippen molar-refractivity contribution < 1.29 is 23.8 Å². The van der Waals surface area contributed by atoms with Crippen LogP contribution in [0.1, 0.15) is 18.6 Å². The Morgan fingerprint density at radius 1 is 0.958 bits per heavy atom. The van der Waals surface area contributed by atoms with E-state index >= 15 is 0 Å². The number of hydrogen-bond donors (Lipinski definition) is 1. The average Bonchev–Trinajstić information content (AvgIpc) is 2.60. The van der Waals surface area contributed by atoms with Crippen LogP contribution in [0.5, 0.6) is 11.5 Å². The molecule has 0 unspecified atom stereocenters. The molecule has 0 fully saturated rings. The van der Waals surface area contributed by atoms with Crippen molar-refractivity contribution in [1.29, 1.82) is 0 Å². The van der Waals surface area contributed by atoms with Crippen LogP contribution >= 0.6 is 0 Å². The van der Waals surface area contributed by atoms with E-state index in [1.54, 1.807) is 61.7 Å². The lowest BCUT2D eigenvalue weighted by Crippen LogP contribution is -2.32. The van der Waals surface area contributed by atoms with Crippen molar-refractivity contribution in [2.24, 2.45) is 5.73 Å². The zero-order chi connectivity index (χ0) is 17.5. The van der Waals surface area contributed by atoms with Gasteiger partial charge in [0.25, 0.3) is 5.91 Å². The largest absolute Gasteiger partial charge is 0.497 e. The van der Waals surface area contributed by atoms with Gasteiger partial charge < -0.3 is 19.9 Å². The molecule has 0 aromatic heterocycles. The Balaban J connectivity index is 2.02. The number of rotatable bonds is 7. The van der Waals surface area contributed by atoms with Crippen molar-refractivity contribution in [3.05, 3.63) is 60.2 Å². The molecule has 2 N–H and O–H groups in total. The lowest BCUT2D eigenvalue weighted by Gasteiger charge is -2.19. The van der Waals surface area contributed by atoms with E-state index in [2.05, 4.69) is 0 Å². The third kappa shape index (κ3) is 4.49. The van der Waals surface area contributed by atoms with Crippen LogP contribution < -0.4 is 15.2 Å². The summed E-state index contributed by atoms with van der Waals surface area (Å²) >= 11 is 0. The Labute approximate surface area is 140 Å². The number of hydrogen-bond acceptors (Lipinski definition) is 5. The molecular formula is C18H19NO5. The van der Waals surface area contributed by atoms with Crippen LogP contribution in [0.2, 0.25) is 0 Å². The molecule has 2 aromatic rings. The first kappa shape index (κ1) is 17.3. The van der Waals surface area contributed by atoms with Crippen LogP contribution in [0.3, 0.4) is 0 Å². The summed E-state index contributed by atoms with van der Waals surface area (Å²) in [6.07, 6.45) is -2.05. The maximum atomic E-state index is 12.2. The number of primary amides is 1. The van der Waals surface area contributed by atoms with E-state index in [9.17, 15) is 9.59 Å². The molecule has 1 amide bonds. The Hall–Kier alpha value is -3.02. The van der Waals surface area contributed by atoms with Crippen LogP contribution in [-0.4, -0.2) is 25.1 Å². The third-order valence-corrected chi connectivity index (χ3v) is 3.30. The van der Waals surface area contributed by atoms with Crippen molar-refractivity contribution in [2.45, 2.75) is 19.1 Å². The fraction of sp³-hybridized carbons (Fsp3) is 0.222. The smallest absolute Gasteiger partial charge is 0.348 e. The molecule has 2 rings (SSSR count). The number of esters is 1. The minimum Gasteiger partial charge on any atom is -0.497 e. The Morgan fingerprint density at radius 3 is 2.08 bits per heavy atom. The van der Waals surface area contributed by atoms with Gasteiger partial charge in [-0.3, -0.25) is 4.79 Å². The molecule has 0 aliphatic rings. The van der Waals surface area contributed by atoms with Crippen LogP contribution in [-0.2, 0) is 14.3 Å². The first-order valence-corrected chi connectivity index (χ1v) is 7.36. The zero-order valence-corrected chi connectivity index (χ0v) is 13.5. The van der Waals surface area contributed by atoms with Crippen LogP contribution in [0.25, 0.3) is 0 Å².